The summed E-state index contributed by atoms with van der Waals surface area (Å²) in [6.07, 6.45) is 9.26. The van der Waals surface area contributed by atoms with Gasteiger partial charge < -0.3 is 4.48 Å². The van der Waals surface area contributed by atoms with E-state index in [1.807, 2.05) is 0 Å². The lowest BCUT2D eigenvalue weighted by Crippen LogP contribution is -2.52. The minimum absolute atomic E-state index is 1.01. The molecule has 1 nitrogen and oxygen atoms in total. The molecule has 4 bridgehead atoms. The lowest BCUT2D eigenvalue weighted by atomic mass is 9.84. The molecule has 2 aliphatic heterocycles. The van der Waals surface area contributed by atoms with Crippen molar-refractivity contribution in [3.05, 3.63) is 0 Å². The van der Waals surface area contributed by atoms with Crippen LogP contribution in [0, 0.1) is 17.8 Å². The third kappa shape index (κ3) is 1.25. The van der Waals surface area contributed by atoms with Gasteiger partial charge in [0, 0.05) is 11.8 Å². The molecule has 3 fully saturated rings. The minimum Gasteiger partial charge on any atom is -0.326 e. The van der Waals surface area contributed by atoms with Gasteiger partial charge in [-0.15, -0.1) is 0 Å². The maximum Gasteiger partial charge on any atom is 0.0914 e. The Morgan fingerprint density at radius 2 is 1.64 bits per heavy atom. The van der Waals surface area contributed by atoms with E-state index in [2.05, 4.69) is 14.1 Å². The first-order chi connectivity index (χ1) is 6.67. The standard InChI is InChI=1S/C13H24N/c1-14(2)9-12-4-3-5-13(14)11-7-6-10(12)8-11/h10-13H,3-9H2,1-2H3/q+1/t10-,11+,12?,13-/m0/s1. The Balaban J connectivity index is 1.97. The zero-order valence-electron chi connectivity index (χ0n) is 9.71. The highest BCUT2D eigenvalue weighted by Gasteiger charge is 2.48. The van der Waals surface area contributed by atoms with Crippen molar-refractivity contribution < 1.29 is 4.48 Å². The molecule has 0 N–H and O–H groups in total. The Kier molecular flexibility index (Phi) is 1.96. The molecular formula is C13H24N+. The normalized spacial score (nSPS) is 50.1. The van der Waals surface area contributed by atoms with Crippen LogP contribution in [0.3, 0.4) is 0 Å². The fourth-order valence-corrected chi connectivity index (χ4v) is 4.79. The molecule has 4 atom stereocenters. The van der Waals surface area contributed by atoms with Gasteiger partial charge in [-0.1, -0.05) is 0 Å². The second-order valence-electron chi connectivity index (χ2n) is 6.55. The van der Waals surface area contributed by atoms with Crippen LogP contribution in [0.4, 0.5) is 0 Å². The molecule has 0 aromatic carbocycles. The van der Waals surface area contributed by atoms with E-state index < -0.39 is 0 Å². The van der Waals surface area contributed by atoms with Crippen molar-refractivity contribution in [3.8, 4) is 0 Å². The number of hydrogen-bond donors (Lipinski definition) is 0. The molecule has 3 aliphatic rings. The summed E-state index contributed by atoms with van der Waals surface area (Å²) >= 11 is 0. The number of fused-ring (bicyclic) bond motifs is 7. The van der Waals surface area contributed by atoms with Gasteiger partial charge in [-0.3, -0.25) is 0 Å². The Morgan fingerprint density at radius 3 is 2.50 bits per heavy atom. The monoisotopic (exact) mass is 194 g/mol. The van der Waals surface area contributed by atoms with Gasteiger partial charge in [0.1, 0.15) is 0 Å². The van der Waals surface area contributed by atoms with E-state index in [0.717, 1.165) is 23.8 Å². The molecule has 1 saturated carbocycles. The average molecular weight is 194 g/mol. The highest BCUT2D eigenvalue weighted by molar-refractivity contribution is 4.90. The Labute approximate surface area is 88.1 Å². The fraction of sp³-hybridized carbons (Fsp3) is 1.00. The van der Waals surface area contributed by atoms with Gasteiger partial charge in [0.15, 0.2) is 0 Å². The van der Waals surface area contributed by atoms with Gasteiger partial charge >= 0.3 is 0 Å². The molecule has 1 aliphatic carbocycles. The predicted molar refractivity (Wildman–Crippen MR) is 58.9 cm³/mol. The minimum atomic E-state index is 1.01. The van der Waals surface area contributed by atoms with Crippen molar-refractivity contribution in [2.24, 2.45) is 17.8 Å². The molecule has 1 unspecified atom stereocenters. The predicted octanol–water partition coefficient (Wildman–Crippen LogP) is 2.66. The SMILES string of the molecule is C[N+]1(C)CC2CCC[C@H]1[C@@H]1CC[C@H]2C1. The topological polar surface area (TPSA) is 0 Å². The fourth-order valence-electron chi connectivity index (χ4n) is 4.79. The van der Waals surface area contributed by atoms with Crippen LogP contribution in [0.1, 0.15) is 38.5 Å². The smallest absolute Gasteiger partial charge is 0.0914 e. The molecule has 3 rings (SSSR count). The van der Waals surface area contributed by atoms with E-state index in [1.165, 1.54) is 30.3 Å². The summed E-state index contributed by atoms with van der Waals surface area (Å²) < 4.78 is 1.34. The third-order valence-corrected chi connectivity index (χ3v) is 5.40. The van der Waals surface area contributed by atoms with E-state index in [1.54, 1.807) is 19.3 Å². The zero-order chi connectivity index (χ0) is 9.76. The van der Waals surface area contributed by atoms with Crippen molar-refractivity contribution >= 4 is 0 Å². The number of quaternary nitrogens is 1. The summed E-state index contributed by atoms with van der Waals surface area (Å²) in [7, 11) is 4.98. The van der Waals surface area contributed by atoms with Crippen molar-refractivity contribution in [2.45, 2.75) is 44.6 Å². The van der Waals surface area contributed by atoms with Crippen LogP contribution in [-0.2, 0) is 0 Å². The maximum absolute atomic E-state index is 2.49. The zero-order valence-corrected chi connectivity index (χ0v) is 9.71. The molecule has 2 heterocycles. The lowest BCUT2D eigenvalue weighted by molar-refractivity contribution is -0.920. The first kappa shape index (κ1) is 9.21. The summed E-state index contributed by atoms with van der Waals surface area (Å²) in [6, 6.07) is 1.01. The molecule has 0 aromatic rings. The maximum atomic E-state index is 2.49. The van der Waals surface area contributed by atoms with Crippen molar-refractivity contribution in [1.82, 2.24) is 0 Å². The highest BCUT2D eigenvalue weighted by Crippen LogP contribution is 2.48. The van der Waals surface area contributed by atoms with E-state index >= 15 is 0 Å². The molecule has 0 amide bonds. The van der Waals surface area contributed by atoms with E-state index in [9.17, 15) is 0 Å². The van der Waals surface area contributed by atoms with E-state index in [-0.39, 0.29) is 0 Å². The first-order valence-electron chi connectivity index (χ1n) is 6.49. The molecule has 0 spiro atoms. The van der Waals surface area contributed by atoms with Crippen LogP contribution < -0.4 is 0 Å². The Hall–Kier alpha value is -0.0400. The first-order valence-corrected chi connectivity index (χ1v) is 6.49. The number of hydrogen-bond acceptors (Lipinski definition) is 0. The quantitative estimate of drug-likeness (QED) is 0.520. The van der Waals surface area contributed by atoms with Crippen LogP contribution in [0.2, 0.25) is 0 Å². The van der Waals surface area contributed by atoms with Crippen molar-refractivity contribution in [3.63, 3.8) is 0 Å². The van der Waals surface area contributed by atoms with Crippen LogP contribution >= 0.6 is 0 Å². The summed E-state index contributed by atoms with van der Waals surface area (Å²) in [4.78, 5) is 0. The van der Waals surface area contributed by atoms with Gasteiger partial charge in [0.25, 0.3) is 0 Å². The number of rotatable bonds is 0. The van der Waals surface area contributed by atoms with E-state index in [0.29, 0.717) is 0 Å². The summed E-state index contributed by atoms with van der Waals surface area (Å²) in [5, 5.41) is 0. The van der Waals surface area contributed by atoms with E-state index in [4.69, 9.17) is 0 Å². The average Bonchev–Trinajstić information content (AvgIpc) is 2.48. The molecule has 1 heteroatoms. The van der Waals surface area contributed by atoms with Crippen molar-refractivity contribution in [1.29, 1.82) is 0 Å². The van der Waals surface area contributed by atoms with Gasteiger partial charge in [0.05, 0.1) is 26.7 Å². The van der Waals surface area contributed by atoms with Crippen LogP contribution in [0.5, 0.6) is 0 Å². The Morgan fingerprint density at radius 1 is 0.857 bits per heavy atom. The third-order valence-electron chi connectivity index (χ3n) is 5.40. The molecular weight excluding hydrogens is 170 g/mol. The van der Waals surface area contributed by atoms with Gasteiger partial charge in [-0.2, -0.15) is 0 Å². The van der Waals surface area contributed by atoms with Crippen LogP contribution in [-0.4, -0.2) is 31.2 Å². The Bertz CT molecular complexity index is 233. The summed E-state index contributed by atoms with van der Waals surface area (Å²) in [5.41, 5.74) is 0. The molecule has 14 heavy (non-hydrogen) atoms. The van der Waals surface area contributed by atoms with Gasteiger partial charge in [-0.25, -0.2) is 0 Å². The van der Waals surface area contributed by atoms with Crippen LogP contribution in [0.15, 0.2) is 0 Å². The second kappa shape index (κ2) is 2.98. The van der Waals surface area contributed by atoms with Crippen LogP contribution in [0.25, 0.3) is 0 Å². The lowest BCUT2D eigenvalue weighted by Gasteiger charge is -2.40. The molecule has 0 aromatic heterocycles. The van der Waals surface area contributed by atoms with Crippen molar-refractivity contribution in [2.75, 3.05) is 20.6 Å². The summed E-state index contributed by atoms with van der Waals surface area (Å²) in [5.74, 6) is 3.27. The number of nitrogens with zero attached hydrogens (tertiary/aromatic N) is 1. The van der Waals surface area contributed by atoms with Gasteiger partial charge in [0.2, 0.25) is 0 Å². The largest absolute Gasteiger partial charge is 0.326 e. The highest BCUT2D eigenvalue weighted by atomic mass is 15.3. The second-order valence-corrected chi connectivity index (χ2v) is 6.55. The molecule has 80 valence electrons. The molecule has 2 saturated heterocycles. The molecule has 0 radical (unpaired) electrons. The summed E-state index contributed by atoms with van der Waals surface area (Å²) in [6.45, 7) is 1.48. The van der Waals surface area contributed by atoms with Gasteiger partial charge in [-0.05, 0) is 44.4 Å².